The van der Waals surface area contributed by atoms with Crippen molar-refractivity contribution in [1.82, 2.24) is 5.43 Å². The van der Waals surface area contributed by atoms with Crippen molar-refractivity contribution in [2.45, 2.75) is 20.3 Å². The molecule has 0 spiro atoms. The van der Waals surface area contributed by atoms with Crippen molar-refractivity contribution in [3.05, 3.63) is 89.0 Å². The third-order valence-corrected chi connectivity index (χ3v) is 4.83. The van der Waals surface area contributed by atoms with Crippen LogP contribution in [0.15, 0.2) is 76.8 Å². The summed E-state index contributed by atoms with van der Waals surface area (Å²) >= 11 is 0. The molecule has 0 saturated heterocycles. The Labute approximate surface area is 171 Å². The number of hydrazone groups is 1. The topological polar surface area (TPSA) is 62.8 Å². The van der Waals surface area contributed by atoms with Gasteiger partial charge in [-0.25, -0.2) is 10.4 Å². The summed E-state index contributed by atoms with van der Waals surface area (Å²) in [5.74, 6) is 0.270. The molecule has 0 fully saturated rings. The minimum absolute atomic E-state index is 0. The van der Waals surface area contributed by atoms with E-state index in [-0.39, 0.29) is 18.4 Å². The Morgan fingerprint density at radius 3 is 2.43 bits per heavy atom. The molecule has 3 aromatic rings. The van der Waals surface area contributed by atoms with E-state index in [9.17, 15) is 0 Å². The van der Waals surface area contributed by atoms with Crippen LogP contribution in [0.5, 0.6) is 0 Å². The predicted octanol–water partition coefficient (Wildman–Crippen LogP) is 4.95. The van der Waals surface area contributed by atoms with Gasteiger partial charge in [0.2, 0.25) is 5.96 Å². The van der Waals surface area contributed by atoms with Crippen LogP contribution < -0.4 is 11.2 Å². The highest BCUT2D eigenvalue weighted by Crippen LogP contribution is 2.36. The highest BCUT2D eigenvalue weighted by atomic mass is 35.5. The Bertz CT molecular complexity index is 1050. The number of fused-ring (bicyclic) bond motifs is 3. The molecule has 3 aromatic carbocycles. The predicted molar refractivity (Wildman–Crippen MR) is 120 cm³/mol. The Kier molecular flexibility index (Phi) is 5.81. The molecule has 0 aliphatic heterocycles. The van der Waals surface area contributed by atoms with Gasteiger partial charge >= 0.3 is 0 Å². The second-order valence-electron chi connectivity index (χ2n) is 6.85. The zero-order chi connectivity index (χ0) is 18.8. The van der Waals surface area contributed by atoms with Gasteiger partial charge in [-0.3, -0.25) is 0 Å². The standard InChI is InChI=1S/C23H22N4.ClH/c1-15-7-10-20(11-8-15)25-23(24)27-26-16(2)17-9-12-22-19(13-17)14-18-5-3-4-6-21(18)22;/h3-13H,14H2,1-2H3,(H3,24,25,27);1H. The molecule has 28 heavy (non-hydrogen) atoms. The van der Waals surface area contributed by atoms with Crippen LogP contribution >= 0.6 is 12.4 Å². The number of hydrogen-bond acceptors (Lipinski definition) is 2. The summed E-state index contributed by atoms with van der Waals surface area (Å²) in [6, 6.07) is 22.9. The maximum atomic E-state index is 5.95. The van der Waals surface area contributed by atoms with Crippen LogP contribution in [0.25, 0.3) is 11.1 Å². The van der Waals surface area contributed by atoms with Gasteiger partial charge in [-0.05, 0) is 66.3 Å². The van der Waals surface area contributed by atoms with Crippen molar-refractivity contribution >= 4 is 29.8 Å². The summed E-state index contributed by atoms with van der Waals surface area (Å²) in [4.78, 5) is 4.33. The molecule has 1 aliphatic rings. The van der Waals surface area contributed by atoms with E-state index >= 15 is 0 Å². The summed E-state index contributed by atoms with van der Waals surface area (Å²) < 4.78 is 0. The maximum Gasteiger partial charge on any atom is 0.214 e. The first-order valence-corrected chi connectivity index (χ1v) is 9.03. The van der Waals surface area contributed by atoms with Gasteiger partial charge in [0.1, 0.15) is 0 Å². The lowest BCUT2D eigenvalue weighted by Crippen LogP contribution is -2.27. The molecular formula is C23H23ClN4. The fourth-order valence-electron chi connectivity index (χ4n) is 3.36. The molecule has 0 saturated carbocycles. The van der Waals surface area contributed by atoms with Gasteiger partial charge in [-0.2, -0.15) is 5.10 Å². The summed E-state index contributed by atoms with van der Waals surface area (Å²) in [6.07, 6.45) is 0.969. The number of benzene rings is 3. The second kappa shape index (κ2) is 8.28. The van der Waals surface area contributed by atoms with E-state index in [1.54, 1.807) is 0 Å². The van der Waals surface area contributed by atoms with E-state index in [0.717, 1.165) is 23.4 Å². The average molecular weight is 391 g/mol. The van der Waals surface area contributed by atoms with Gasteiger partial charge < -0.3 is 5.73 Å². The summed E-state index contributed by atoms with van der Waals surface area (Å²) in [6.45, 7) is 4.01. The average Bonchev–Trinajstić information content (AvgIpc) is 3.05. The third kappa shape index (κ3) is 4.07. The van der Waals surface area contributed by atoms with Crippen LogP contribution in [-0.4, -0.2) is 11.7 Å². The normalized spacial score (nSPS) is 12.8. The van der Waals surface area contributed by atoms with Crippen molar-refractivity contribution in [1.29, 1.82) is 0 Å². The molecule has 142 valence electrons. The number of hydrogen-bond donors (Lipinski definition) is 2. The minimum atomic E-state index is 0. The monoisotopic (exact) mass is 390 g/mol. The fourth-order valence-corrected chi connectivity index (χ4v) is 3.36. The van der Waals surface area contributed by atoms with Crippen molar-refractivity contribution in [2.24, 2.45) is 15.8 Å². The first kappa shape index (κ1) is 19.6. The molecule has 0 atom stereocenters. The highest BCUT2D eigenvalue weighted by Gasteiger charge is 2.18. The van der Waals surface area contributed by atoms with Crippen molar-refractivity contribution < 1.29 is 0 Å². The van der Waals surface area contributed by atoms with Crippen LogP contribution in [0.4, 0.5) is 5.69 Å². The SMILES string of the molecule is CC(=NNC(N)=Nc1ccc(C)cc1)c1ccc2c(c1)Cc1ccccc1-2.Cl. The van der Waals surface area contributed by atoms with Crippen molar-refractivity contribution in [3.63, 3.8) is 0 Å². The molecular weight excluding hydrogens is 368 g/mol. The van der Waals surface area contributed by atoms with Crippen molar-refractivity contribution in [3.8, 4) is 11.1 Å². The molecule has 4 nitrogen and oxygen atoms in total. The number of aliphatic imine (C=N–C) groups is 1. The summed E-state index contributed by atoms with van der Waals surface area (Å²) in [5, 5.41) is 4.39. The first-order chi connectivity index (χ1) is 13.1. The van der Waals surface area contributed by atoms with Crippen LogP contribution in [-0.2, 0) is 6.42 Å². The van der Waals surface area contributed by atoms with Crippen LogP contribution in [0.1, 0.15) is 29.2 Å². The molecule has 3 N–H and O–H groups in total. The quantitative estimate of drug-likeness (QED) is 0.295. The van der Waals surface area contributed by atoms with E-state index in [1.807, 2.05) is 38.1 Å². The van der Waals surface area contributed by atoms with E-state index in [1.165, 1.54) is 27.8 Å². The number of nitrogens with two attached hydrogens (primary N) is 1. The Morgan fingerprint density at radius 2 is 1.64 bits per heavy atom. The number of rotatable bonds is 3. The van der Waals surface area contributed by atoms with Gasteiger partial charge in [-0.15, -0.1) is 12.4 Å². The molecule has 4 rings (SSSR count). The molecule has 0 heterocycles. The van der Waals surface area contributed by atoms with E-state index in [2.05, 4.69) is 58.0 Å². The number of guanidine groups is 1. The van der Waals surface area contributed by atoms with Gasteiger partial charge in [-0.1, -0.05) is 54.1 Å². The van der Waals surface area contributed by atoms with E-state index < -0.39 is 0 Å². The van der Waals surface area contributed by atoms with Gasteiger partial charge in [0.15, 0.2) is 0 Å². The summed E-state index contributed by atoms with van der Waals surface area (Å²) in [7, 11) is 0. The maximum absolute atomic E-state index is 5.95. The third-order valence-electron chi connectivity index (χ3n) is 4.83. The Balaban J connectivity index is 0.00000225. The zero-order valence-electron chi connectivity index (χ0n) is 15.9. The van der Waals surface area contributed by atoms with Crippen LogP contribution in [0.2, 0.25) is 0 Å². The molecule has 1 aliphatic carbocycles. The van der Waals surface area contributed by atoms with Gasteiger partial charge in [0, 0.05) is 0 Å². The lowest BCUT2D eigenvalue weighted by Gasteiger charge is -2.06. The van der Waals surface area contributed by atoms with Crippen LogP contribution in [0.3, 0.4) is 0 Å². The first-order valence-electron chi connectivity index (χ1n) is 9.03. The van der Waals surface area contributed by atoms with Gasteiger partial charge in [0.05, 0.1) is 11.4 Å². The molecule has 0 amide bonds. The zero-order valence-corrected chi connectivity index (χ0v) is 16.8. The minimum Gasteiger partial charge on any atom is -0.368 e. The molecule has 0 aromatic heterocycles. The number of nitrogens with zero attached hydrogens (tertiary/aromatic N) is 2. The molecule has 0 unspecified atom stereocenters. The number of aryl methyl sites for hydroxylation is 1. The molecule has 0 bridgehead atoms. The van der Waals surface area contributed by atoms with Gasteiger partial charge in [0.25, 0.3) is 0 Å². The highest BCUT2D eigenvalue weighted by molar-refractivity contribution is 6.00. The Morgan fingerprint density at radius 1 is 0.929 bits per heavy atom. The summed E-state index contributed by atoms with van der Waals surface area (Å²) in [5.41, 5.74) is 18.1. The second-order valence-corrected chi connectivity index (χ2v) is 6.85. The van der Waals surface area contributed by atoms with E-state index in [4.69, 9.17) is 5.73 Å². The number of halogens is 1. The van der Waals surface area contributed by atoms with Crippen molar-refractivity contribution in [2.75, 3.05) is 0 Å². The van der Waals surface area contributed by atoms with E-state index in [0.29, 0.717) is 0 Å². The largest absolute Gasteiger partial charge is 0.368 e. The smallest absolute Gasteiger partial charge is 0.214 e. The number of nitrogens with one attached hydrogen (secondary N) is 1. The van der Waals surface area contributed by atoms with Crippen LogP contribution in [0, 0.1) is 6.92 Å². The fraction of sp³-hybridized carbons (Fsp3) is 0.130. The lowest BCUT2D eigenvalue weighted by atomic mass is 10.0. The Hall–Kier alpha value is -3.11. The lowest BCUT2D eigenvalue weighted by molar-refractivity contribution is 1.00. The molecule has 0 radical (unpaired) electrons. The molecule has 5 heteroatoms.